The fraction of sp³-hybridized carbons (Fsp3) is 0.182. The molecule has 0 bridgehead atoms. The Hall–Kier alpha value is -0.690. The van der Waals surface area contributed by atoms with Crippen LogP contribution in [0.5, 0.6) is 0 Å². The summed E-state index contributed by atoms with van der Waals surface area (Å²) in [5, 5.41) is 3.23. The fourth-order valence-corrected chi connectivity index (χ4v) is 3.56. The van der Waals surface area contributed by atoms with Crippen molar-refractivity contribution in [3.63, 3.8) is 0 Å². The van der Waals surface area contributed by atoms with E-state index in [2.05, 4.69) is 15.0 Å². The summed E-state index contributed by atoms with van der Waals surface area (Å²) in [6.45, 7) is 1.27. The first-order valence-electron chi connectivity index (χ1n) is 5.94. The van der Waals surface area contributed by atoms with Gasteiger partial charge in [0, 0.05) is 46.8 Å². The van der Waals surface area contributed by atoms with Gasteiger partial charge in [-0.3, -0.25) is 9.27 Å². The second kappa shape index (κ2) is 7.92. The Morgan fingerprint density at radius 2 is 1.78 bits per heavy atom. The first-order chi connectivity index (χ1) is 10.2. The molecule has 12 heteroatoms. The van der Waals surface area contributed by atoms with E-state index in [9.17, 15) is 16.8 Å². The quantitative estimate of drug-likeness (QED) is 0.503. The molecule has 0 aliphatic carbocycles. The van der Waals surface area contributed by atoms with Gasteiger partial charge >= 0.3 is 0 Å². The summed E-state index contributed by atoms with van der Waals surface area (Å²) in [4.78, 5) is 3.84. The van der Waals surface area contributed by atoms with Crippen LogP contribution in [-0.4, -0.2) is 61.3 Å². The molecule has 0 saturated carbocycles. The van der Waals surface area contributed by atoms with E-state index >= 15 is 0 Å². The molecule has 121 valence electrons. The molecule has 0 aliphatic rings. The van der Waals surface area contributed by atoms with Gasteiger partial charge in [-0.2, -0.15) is 8.42 Å². The maximum atomic E-state index is 12.1. The van der Waals surface area contributed by atoms with Crippen molar-refractivity contribution in [1.82, 2.24) is 4.98 Å². The molecule has 2 aromatic rings. The second-order valence-electron chi connectivity index (χ2n) is 4.27. The van der Waals surface area contributed by atoms with E-state index in [1.807, 2.05) is 0 Å². The van der Waals surface area contributed by atoms with Crippen molar-refractivity contribution in [3.05, 3.63) is 35.8 Å². The van der Waals surface area contributed by atoms with Gasteiger partial charge in [-0.25, -0.2) is 13.4 Å². The SMILES string of the molecule is CC(Nc1ccc(S(=O)(=O)Nc2nccs2)cc1)S(=O)(=O)O.[Na]. The Bertz CT molecular complexity index is 836. The molecule has 1 aromatic heterocycles. The molecule has 1 unspecified atom stereocenters. The van der Waals surface area contributed by atoms with E-state index in [1.54, 1.807) is 5.38 Å². The van der Waals surface area contributed by atoms with Crippen molar-refractivity contribution >= 4 is 71.9 Å². The summed E-state index contributed by atoms with van der Waals surface area (Å²) in [5.74, 6) is 0. The van der Waals surface area contributed by atoms with E-state index < -0.39 is 25.5 Å². The summed E-state index contributed by atoms with van der Waals surface area (Å²) in [6, 6.07) is 5.43. The van der Waals surface area contributed by atoms with E-state index in [-0.39, 0.29) is 39.6 Å². The zero-order chi connectivity index (χ0) is 16.4. The largest absolute Gasteiger partial charge is 0.367 e. The molecule has 1 atom stereocenters. The molecule has 0 spiro atoms. The molecule has 23 heavy (non-hydrogen) atoms. The normalized spacial score (nSPS) is 13.0. The molecule has 8 nitrogen and oxygen atoms in total. The third-order valence-electron chi connectivity index (χ3n) is 2.64. The average Bonchev–Trinajstić information content (AvgIpc) is 2.90. The van der Waals surface area contributed by atoms with Crippen molar-refractivity contribution in [3.8, 4) is 0 Å². The number of anilines is 2. The first-order valence-corrected chi connectivity index (χ1v) is 9.80. The number of benzene rings is 1. The monoisotopic (exact) mass is 386 g/mol. The molecule has 0 amide bonds. The number of rotatable bonds is 6. The summed E-state index contributed by atoms with van der Waals surface area (Å²) < 4.78 is 57.2. The van der Waals surface area contributed by atoms with Crippen LogP contribution in [-0.2, 0) is 20.1 Å². The molecule has 1 aromatic carbocycles. The average molecular weight is 386 g/mol. The number of sulfonamides is 1. The molecular formula is C11H13N3NaO5S3. The Morgan fingerprint density at radius 1 is 1.17 bits per heavy atom. The molecule has 0 fully saturated rings. The third kappa shape index (κ3) is 5.71. The van der Waals surface area contributed by atoms with Crippen LogP contribution in [0.15, 0.2) is 40.7 Å². The molecule has 1 heterocycles. The van der Waals surface area contributed by atoms with Gasteiger partial charge in [0.1, 0.15) is 0 Å². The van der Waals surface area contributed by atoms with Crippen LogP contribution in [0.2, 0.25) is 0 Å². The maximum absolute atomic E-state index is 12.1. The van der Waals surface area contributed by atoms with Crippen molar-refractivity contribution in [2.75, 3.05) is 10.0 Å². The van der Waals surface area contributed by atoms with Crippen LogP contribution in [0, 0.1) is 0 Å². The number of thiazole rings is 1. The Morgan fingerprint density at radius 3 is 2.26 bits per heavy atom. The van der Waals surface area contributed by atoms with Crippen molar-refractivity contribution in [1.29, 1.82) is 0 Å². The molecule has 1 radical (unpaired) electrons. The van der Waals surface area contributed by atoms with Gasteiger partial charge in [0.05, 0.1) is 4.90 Å². The topological polar surface area (TPSA) is 125 Å². The van der Waals surface area contributed by atoms with E-state index in [4.69, 9.17) is 4.55 Å². The first kappa shape index (κ1) is 20.4. The molecule has 2 rings (SSSR count). The smallest absolute Gasteiger partial charge is 0.285 e. The van der Waals surface area contributed by atoms with E-state index in [0.29, 0.717) is 5.69 Å². The standard InChI is InChI=1S/C11H13N3O5S3.Na/c1-8(22(17,18)19)13-9-2-4-10(5-3-9)21(15,16)14-11-12-6-7-20-11;/h2-8,13H,1H3,(H,12,14)(H,17,18,19);. The number of hydrogen-bond acceptors (Lipinski definition) is 7. The predicted octanol–water partition coefficient (Wildman–Crippen LogP) is 1.21. The van der Waals surface area contributed by atoms with Gasteiger partial charge < -0.3 is 5.32 Å². The summed E-state index contributed by atoms with van der Waals surface area (Å²) >= 11 is 1.15. The minimum atomic E-state index is -4.22. The summed E-state index contributed by atoms with van der Waals surface area (Å²) in [6.07, 6.45) is 1.48. The Kier molecular flexibility index (Phi) is 7.01. The van der Waals surface area contributed by atoms with Gasteiger partial charge in [0.25, 0.3) is 20.1 Å². The molecular weight excluding hydrogens is 373 g/mol. The number of nitrogens with one attached hydrogen (secondary N) is 2. The zero-order valence-corrected chi connectivity index (χ0v) is 16.7. The van der Waals surface area contributed by atoms with Crippen LogP contribution < -0.4 is 10.0 Å². The Labute approximate surface area is 160 Å². The van der Waals surface area contributed by atoms with Crippen LogP contribution in [0.1, 0.15) is 6.92 Å². The number of nitrogens with zero attached hydrogens (tertiary/aromatic N) is 1. The minimum absolute atomic E-state index is 0. The third-order valence-corrected chi connectivity index (χ3v) is 5.82. The number of aromatic nitrogens is 1. The summed E-state index contributed by atoms with van der Waals surface area (Å²) in [7, 11) is -7.98. The van der Waals surface area contributed by atoms with Crippen LogP contribution >= 0.6 is 11.3 Å². The van der Waals surface area contributed by atoms with Crippen LogP contribution in [0.25, 0.3) is 0 Å². The maximum Gasteiger partial charge on any atom is 0.285 e. The van der Waals surface area contributed by atoms with Gasteiger partial charge in [-0.05, 0) is 31.2 Å². The molecule has 0 aliphatic heterocycles. The van der Waals surface area contributed by atoms with Gasteiger partial charge in [-0.15, -0.1) is 11.3 Å². The van der Waals surface area contributed by atoms with E-state index in [1.165, 1.54) is 37.4 Å². The second-order valence-corrected chi connectivity index (χ2v) is 8.58. The van der Waals surface area contributed by atoms with Crippen molar-refractivity contribution in [2.24, 2.45) is 0 Å². The molecule has 3 N–H and O–H groups in total. The summed E-state index contributed by atoms with van der Waals surface area (Å²) in [5.41, 5.74) is 0.360. The van der Waals surface area contributed by atoms with Crippen molar-refractivity contribution in [2.45, 2.75) is 17.2 Å². The zero-order valence-electron chi connectivity index (χ0n) is 12.3. The fourth-order valence-electron chi connectivity index (χ4n) is 1.49. The predicted molar refractivity (Wildman–Crippen MR) is 89.8 cm³/mol. The minimum Gasteiger partial charge on any atom is -0.367 e. The van der Waals surface area contributed by atoms with Gasteiger partial charge in [0.2, 0.25) is 0 Å². The van der Waals surface area contributed by atoms with Crippen molar-refractivity contribution < 1.29 is 21.4 Å². The number of hydrogen-bond donors (Lipinski definition) is 3. The van der Waals surface area contributed by atoms with Gasteiger partial charge in [-0.1, -0.05) is 0 Å². The van der Waals surface area contributed by atoms with E-state index in [0.717, 1.165) is 11.3 Å². The van der Waals surface area contributed by atoms with Crippen LogP contribution in [0.3, 0.4) is 0 Å². The molecule has 0 saturated heterocycles. The Balaban J connectivity index is 0.00000264. The van der Waals surface area contributed by atoms with Crippen LogP contribution in [0.4, 0.5) is 10.8 Å². The van der Waals surface area contributed by atoms with Gasteiger partial charge in [0.15, 0.2) is 10.5 Å².